The van der Waals surface area contributed by atoms with Crippen LogP contribution >= 0.6 is 0 Å². The third-order valence-electron chi connectivity index (χ3n) is 2.65. The van der Waals surface area contributed by atoms with E-state index in [0.717, 1.165) is 5.56 Å². The molecular formula is C16H17NO3S. The van der Waals surface area contributed by atoms with Crippen LogP contribution in [0.4, 0.5) is 5.69 Å². The molecule has 0 radical (unpaired) electrons. The molecule has 0 spiro atoms. The number of esters is 1. The van der Waals surface area contributed by atoms with Gasteiger partial charge in [0.2, 0.25) is 0 Å². The summed E-state index contributed by atoms with van der Waals surface area (Å²) < 4.78 is 21.2. The van der Waals surface area contributed by atoms with Gasteiger partial charge in [0.15, 0.2) is 0 Å². The van der Waals surface area contributed by atoms with Crippen LogP contribution < -0.4 is 0 Å². The van der Waals surface area contributed by atoms with Gasteiger partial charge in [-0.3, -0.25) is 0 Å². The van der Waals surface area contributed by atoms with Crippen LogP contribution in [0.25, 0.3) is 0 Å². The van der Waals surface area contributed by atoms with Crippen molar-refractivity contribution in [2.75, 3.05) is 12.5 Å². The first-order valence-electron chi connectivity index (χ1n) is 6.43. The zero-order valence-corrected chi connectivity index (χ0v) is 12.8. The molecular weight excluding hydrogens is 286 g/mol. The molecule has 0 unspecified atom stereocenters. The van der Waals surface area contributed by atoms with Crippen molar-refractivity contribution in [3.63, 3.8) is 0 Å². The summed E-state index contributed by atoms with van der Waals surface area (Å²) in [6, 6.07) is 16.2. The van der Waals surface area contributed by atoms with Crippen molar-refractivity contribution in [1.29, 1.82) is 0 Å². The Bertz CT molecular complexity index is 739. The average Bonchev–Trinajstić information content (AvgIpc) is 2.45. The van der Waals surface area contributed by atoms with Crippen LogP contribution in [0.2, 0.25) is 0 Å². The first kappa shape index (κ1) is 15.3. The predicted molar refractivity (Wildman–Crippen MR) is 84.1 cm³/mol. The van der Waals surface area contributed by atoms with Gasteiger partial charge in [0.1, 0.15) is 6.61 Å². The smallest absolute Gasteiger partial charge is 0.340 e. The summed E-state index contributed by atoms with van der Waals surface area (Å²) in [5.74, 6) is -0.471. The van der Waals surface area contributed by atoms with E-state index in [1.807, 2.05) is 30.3 Å². The second-order valence-electron chi connectivity index (χ2n) is 4.85. The predicted octanol–water partition coefficient (Wildman–Crippen LogP) is 3.40. The third-order valence-corrected chi connectivity index (χ3v) is 3.29. The molecule has 21 heavy (non-hydrogen) atoms. The van der Waals surface area contributed by atoms with E-state index in [-0.39, 0.29) is 6.61 Å². The zero-order chi connectivity index (χ0) is 15.3. The second-order valence-corrected chi connectivity index (χ2v) is 7.40. The largest absolute Gasteiger partial charge is 0.457 e. The maximum absolute atomic E-state index is 12.1. The maximum atomic E-state index is 12.1. The van der Waals surface area contributed by atoms with Crippen molar-refractivity contribution < 1.29 is 13.7 Å². The number of hydrogen-bond acceptors (Lipinski definition) is 4. The zero-order valence-electron chi connectivity index (χ0n) is 12.0. The van der Waals surface area contributed by atoms with Gasteiger partial charge in [0, 0.05) is 22.2 Å². The van der Waals surface area contributed by atoms with E-state index < -0.39 is 15.7 Å². The van der Waals surface area contributed by atoms with E-state index in [1.165, 1.54) is 12.5 Å². The molecule has 0 saturated carbocycles. The highest BCUT2D eigenvalue weighted by atomic mass is 32.2. The van der Waals surface area contributed by atoms with Crippen LogP contribution in [0, 0.1) is 0 Å². The molecule has 0 atom stereocenters. The molecule has 0 aliphatic rings. The van der Waals surface area contributed by atoms with Crippen LogP contribution in [0.1, 0.15) is 15.9 Å². The average molecular weight is 303 g/mol. The molecule has 5 heteroatoms. The molecule has 0 fully saturated rings. The number of nitrogens with zero attached hydrogens (tertiary/aromatic N) is 1. The summed E-state index contributed by atoms with van der Waals surface area (Å²) >= 11 is 0. The van der Waals surface area contributed by atoms with Crippen molar-refractivity contribution >= 4 is 21.4 Å². The van der Waals surface area contributed by atoms with E-state index in [2.05, 4.69) is 4.36 Å². The molecule has 2 aromatic carbocycles. The van der Waals surface area contributed by atoms with Gasteiger partial charge < -0.3 is 4.74 Å². The van der Waals surface area contributed by atoms with E-state index in [9.17, 15) is 9.00 Å². The Morgan fingerprint density at radius 2 is 1.67 bits per heavy atom. The molecule has 0 bridgehead atoms. The number of carbonyl (C=O) groups excluding carboxylic acids is 1. The fourth-order valence-electron chi connectivity index (χ4n) is 1.76. The normalized spacial score (nSPS) is 11.0. The van der Waals surface area contributed by atoms with E-state index in [4.69, 9.17) is 4.74 Å². The fourth-order valence-corrected chi connectivity index (χ4v) is 2.40. The molecule has 2 rings (SSSR count). The summed E-state index contributed by atoms with van der Waals surface area (Å²) in [6.07, 6.45) is 3.05. The minimum atomic E-state index is -2.33. The highest BCUT2D eigenvalue weighted by Gasteiger charge is 2.12. The maximum Gasteiger partial charge on any atom is 0.340 e. The van der Waals surface area contributed by atoms with Crippen molar-refractivity contribution in [2.24, 2.45) is 4.36 Å². The van der Waals surface area contributed by atoms with Crippen molar-refractivity contribution in [3.8, 4) is 0 Å². The SMILES string of the molecule is CS(C)(=O)=Nc1ccccc1C(=O)OCc1ccccc1. The van der Waals surface area contributed by atoms with E-state index >= 15 is 0 Å². The van der Waals surface area contributed by atoms with Gasteiger partial charge >= 0.3 is 5.97 Å². The first-order valence-corrected chi connectivity index (χ1v) is 8.76. The second kappa shape index (κ2) is 6.54. The molecule has 0 amide bonds. The van der Waals surface area contributed by atoms with Gasteiger partial charge in [-0.1, -0.05) is 42.5 Å². The van der Waals surface area contributed by atoms with E-state index in [0.29, 0.717) is 11.3 Å². The van der Waals surface area contributed by atoms with Crippen molar-refractivity contribution in [2.45, 2.75) is 6.61 Å². The Kier molecular flexibility index (Phi) is 4.75. The van der Waals surface area contributed by atoms with Crippen LogP contribution in [-0.4, -0.2) is 22.7 Å². The summed E-state index contributed by atoms with van der Waals surface area (Å²) in [5, 5.41) is 0. The Morgan fingerprint density at radius 1 is 1.05 bits per heavy atom. The minimum Gasteiger partial charge on any atom is -0.457 e. The lowest BCUT2D eigenvalue weighted by Crippen LogP contribution is -2.06. The molecule has 0 aliphatic heterocycles. The monoisotopic (exact) mass is 303 g/mol. The molecule has 0 aromatic heterocycles. The van der Waals surface area contributed by atoms with Crippen LogP contribution in [0.15, 0.2) is 59.0 Å². The molecule has 0 N–H and O–H groups in total. The topological polar surface area (TPSA) is 55.7 Å². The highest BCUT2D eigenvalue weighted by Crippen LogP contribution is 2.21. The van der Waals surface area contributed by atoms with Crippen molar-refractivity contribution in [3.05, 3.63) is 65.7 Å². The Hall–Kier alpha value is -2.14. The van der Waals surface area contributed by atoms with Crippen LogP contribution in [-0.2, 0) is 21.1 Å². The van der Waals surface area contributed by atoms with Crippen molar-refractivity contribution in [1.82, 2.24) is 0 Å². The summed E-state index contributed by atoms with van der Waals surface area (Å²) in [7, 11) is -2.33. The lowest BCUT2D eigenvalue weighted by Gasteiger charge is -2.07. The van der Waals surface area contributed by atoms with Gasteiger partial charge in [-0.15, -0.1) is 0 Å². The molecule has 0 heterocycles. The molecule has 0 aliphatic carbocycles. The summed E-state index contributed by atoms with van der Waals surface area (Å²) in [5.41, 5.74) is 1.63. The van der Waals surface area contributed by atoms with Gasteiger partial charge in [-0.05, 0) is 17.7 Å². The quantitative estimate of drug-likeness (QED) is 0.813. The lowest BCUT2D eigenvalue weighted by molar-refractivity contribution is 0.0474. The third kappa shape index (κ3) is 4.72. The first-order chi connectivity index (χ1) is 9.96. The Morgan fingerprint density at radius 3 is 2.33 bits per heavy atom. The molecule has 110 valence electrons. The van der Waals surface area contributed by atoms with Gasteiger partial charge in [-0.25, -0.2) is 9.00 Å². The van der Waals surface area contributed by atoms with Gasteiger partial charge in [0.05, 0.1) is 11.3 Å². The standard InChI is InChI=1S/C16H17NO3S/c1-21(2,19)17-15-11-7-6-10-14(15)16(18)20-12-13-8-4-3-5-9-13/h3-11H,12H2,1-2H3. The van der Waals surface area contributed by atoms with Crippen LogP contribution in [0.3, 0.4) is 0 Å². The Labute approximate surface area is 125 Å². The number of ether oxygens (including phenoxy) is 1. The fraction of sp³-hybridized carbons (Fsp3) is 0.188. The number of hydrogen-bond donors (Lipinski definition) is 0. The van der Waals surface area contributed by atoms with E-state index in [1.54, 1.807) is 24.3 Å². The number of carbonyl (C=O) groups is 1. The summed E-state index contributed by atoms with van der Waals surface area (Å²) in [6.45, 7) is 0.196. The van der Waals surface area contributed by atoms with Gasteiger partial charge in [-0.2, -0.15) is 4.36 Å². The molecule has 2 aromatic rings. The highest BCUT2D eigenvalue weighted by molar-refractivity contribution is 7.92. The lowest BCUT2D eigenvalue weighted by atomic mass is 10.2. The molecule has 4 nitrogen and oxygen atoms in total. The van der Waals surface area contributed by atoms with Gasteiger partial charge in [0.25, 0.3) is 0 Å². The summed E-state index contributed by atoms with van der Waals surface area (Å²) in [4.78, 5) is 12.1. The Balaban J connectivity index is 2.18. The minimum absolute atomic E-state index is 0.196. The molecule has 0 saturated heterocycles. The number of benzene rings is 2. The van der Waals surface area contributed by atoms with Crippen LogP contribution in [0.5, 0.6) is 0 Å². The number of rotatable bonds is 4.